The minimum atomic E-state index is -0.519. The number of ether oxygens (including phenoxy) is 3. The SMILES string of the molecule is [C-]#[N+]c1ccc2c(c1)nc(COc1ccc(OC3CCN(C(=O)OC(C)(C)C)C3)cc1)n2CCO. The van der Waals surface area contributed by atoms with E-state index in [1.54, 1.807) is 17.0 Å². The topological polar surface area (TPSA) is 90.4 Å². The van der Waals surface area contributed by atoms with Crippen LogP contribution in [0.5, 0.6) is 11.5 Å². The van der Waals surface area contributed by atoms with Crippen LogP contribution < -0.4 is 9.47 Å². The molecule has 0 bridgehead atoms. The van der Waals surface area contributed by atoms with Crippen LogP contribution in [0.3, 0.4) is 0 Å². The Labute approximate surface area is 204 Å². The molecule has 2 heterocycles. The number of imidazole rings is 1. The molecule has 0 spiro atoms. The summed E-state index contributed by atoms with van der Waals surface area (Å²) in [4.78, 5) is 22.0. The van der Waals surface area contributed by atoms with E-state index in [9.17, 15) is 9.90 Å². The van der Waals surface area contributed by atoms with Crippen LogP contribution in [0.2, 0.25) is 0 Å². The van der Waals surface area contributed by atoms with E-state index in [2.05, 4.69) is 9.83 Å². The number of fused-ring (bicyclic) bond motifs is 1. The molecule has 0 aliphatic carbocycles. The molecule has 9 heteroatoms. The van der Waals surface area contributed by atoms with E-state index in [0.717, 1.165) is 11.9 Å². The first kappa shape index (κ1) is 24.4. The number of carbonyl (C=O) groups excluding carboxylic acids is 1. The summed E-state index contributed by atoms with van der Waals surface area (Å²) in [6.45, 7) is 14.4. The number of hydrogen-bond acceptors (Lipinski definition) is 6. The smallest absolute Gasteiger partial charge is 0.410 e. The van der Waals surface area contributed by atoms with Crippen molar-refractivity contribution in [1.82, 2.24) is 14.5 Å². The summed E-state index contributed by atoms with van der Waals surface area (Å²) in [6.07, 6.45) is 0.339. The molecule has 184 valence electrons. The lowest BCUT2D eigenvalue weighted by Gasteiger charge is -2.24. The zero-order valence-corrected chi connectivity index (χ0v) is 20.2. The molecule has 9 nitrogen and oxygen atoms in total. The average molecular weight is 479 g/mol. The van der Waals surface area contributed by atoms with Crippen LogP contribution in [0.4, 0.5) is 10.5 Å². The van der Waals surface area contributed by atoms with Crippen LogP contribution in [0.15, 0.2) is 42.5 Å². The third-order valence-corrected chi connectivity index (χ3v) is 5.55. The zero-order chi connectivity index (χ0) is 25.0. The number of aliphatic hydroxyl groups excluding tert-OH is 1. The van der Waals surface area contributed by atoms with Gasteiger partial charge in [-0.15, -0.1) is 0 Å². The summed E-state index contributed by atoms with van der Waals surface area (Å²) < 4.78 is 19.3. The highest BCUT2D eigenvalue weighted by atomic mass is 16.6. The molecule has 1 unspecified atom stereocenters. The first-order valence-corrected chi connectivity index (χ1v) is 11.6. The number of likely N-dealkylation sites (tertiary alicyclic amines) is 1. The van der Waals surface area contributed by atoms with Crippen molar-refractivity contribution < 1.29 is 24.1 Å². The fourth-order valence-electron chi connectivity index (χ4n) is 3.97. The van der Waals surface area contributed by atoms with Crippen LogP contribution in [-0.2, 0) is 17.9 Å². The molecule has 4 rings (SSSR count). The van der Waals surface area contributed by atoms with E-state index in [1.807, 2.05) is 55.7 Å². The maximum Gasteiger partial charge on any atom is 0.410 e. The number of hydrogen-bond donors (Lipinski definition) is 1. The van der Waals surface area contributed by atoms with Crippen molar-refractivity contribution in [2.45, 2.75) is 52.0 Å². The Hall–Kier alpha value is -3.77. The van der Waals surface area contributed by atoms with Gasteiger partial charge in [0.15, 0.2) is 5.69 Å². The summed E-state index contributed by atoms with van der Waals surface area (Å²) >= 11 is 0. The summed E-state index contributed by atoms with van der Waals surface area (Å²) in [6, 6.07) is 12.6. The van der Waals surface area contributed by atoms with E-state index >= 15 is 0 Å². The van der Waals surface area contributed by atoms with E-state index in [1.165, 1.54) is 0 Å². The molecule has 0 radical (unpaired) electrons. The van der Waals surface area contributed by atoms with Gasteiger partial charge in [-0.25, -0.2) is 14.6 Å². The van der Waals surface area contributed by atoms with Gasteiger partial charge >= 0.3 is 6.09 Å². The van der Waals surface area contributed by atoms with E-state index in [0.29, 0.717) is 48.2 Å². The molecule has 1 atom stereocenters. The molecule has 35 heavy (non-hydrogen) atoms. The van der Waals surface area contributed by atoms with Gasteiger partial charge in [-0.1, -0.05) is 6.07 Å². The molecule has 3 aromatic rings. The van der Waals surface area contributed by atoms with Crippen molar-refractivity contribution in [1.29, 1.82) is 0 Å². The Bertz CT molecular complexity index is 1220. The van der Waals surface area contributed by atoms with Crippen LogP contribution in [0, 0.1) is 6.57 Å². The standard InChI is InChI=1S/C26H30N4O5/c1-26(2,3)35-25(32)29-12-11-21(16-29)34-20-8-6-19(7-9-20)33-17-24-28-22-15-18(27-4)5-10-23(22)30(24)13-14-31/h5-10,15,21,31H,11-14,16-17H2,1-3H3. The zero-order valence-electron chi connectivity index (χ0n) is 20.2. The Balaban J connectivity index is 1.35. The highest BCUT2D eigenvalue weighted by Gasteiger charge is 2.30. The molecule has 2 aromatic carbocycles. The van der Waals surface area contributed by atoms with Gasteiger partial charge < -0.3 is 28.8 Å². The lowest BCUT2D eigenvalue weighted by atomic mass is 10.2. The van der Waals surface area contributed by atoms with Gasteiger partial charge in [0.05, 0.1) is 30.8 Å². The van der Waals surface area contributed by atoms with Gasteiger partial charge in [0, 0.05) is 19.5 Å². The molecule has 1 N–H and O–H groups in total. The number of aliphatic hydroxyl groups is 1. The van der Waals surface area contributed by atoms with Gasteiger partial charge in [-0.3, -0.25) is 0 Å². The van der Waals surface area contributed by atoms with Crippen molar-refractivity contribution in [3.8, 4) is 11.5 Å². The van der Waals surface area contributed by atoms with Crippen molar-refractivity contribution in [3.63, 3.8) is 0 Å². The number of benzene rings is 2. The molecule has 1 fully saturated rings. The number of amides is 1. The third kappa shape index (κ3) is 6.03. The van der Waals surface area contributed by atoms with E-state index < -0.39 is 5.60 Å². The lowest BCUT2D eigenvalue weighted by Crippen LogP contribution is -2.36. The summed E-state index contributed by atoms with van der Waals surface area (Å²) in [5.41, 5.74) is 1.55. The highest BCUT2D eigenvalue weighted by Crippen LogP contribution is 2.25. The predicted octanol–water partition coefficient (Wildman–Crippen LogP) is 4.55. The molecule has 1 saturated heterocycles. The minimum absolute atomic E-state index is 0.0262. The van der Waals surface area contributed by atoms with Gasteiger partial charge in [-0.2, -0.15) is 0 Å². The monoisotopic (exact) mass is 478 g/mol. The van der Waals surface area contributed by atoms with Crippen molar-refractivity contribution in [2.24, 2.45) is 0 Å². The van der Waals surface area contributed by atoms with Crippen LogP contribution in [-0.4, -0.2) is 57.1 Å². The Morgan fingerprint density at radius 2 is 1.94 bits per heavy atom. The lowest BCUT2D eigenvalue weighted by molar-refractivity contribution is 0.0275. The Kier molecular flexibility index (Phi) is 7.12. The van der Waals surface area contributed by atoms with Gasteiger partial charge in [0.2, 0.25) is 0 Å². The first-order valence-electron chi connectivity index (χ1n) is 11.6. The largest absolute Gasteiger partial charge is 0.489 e. The molecular weight excluding hydrogens is 448 g/mol. The van der Waals surface area contributed by atoms with E-state index in [-0.39, 0.29) is 25.4 Å². The fraction of sp³-hybridized carbons (Fsp3) is 0.423. The van der Waals surface area contributed by atoms with Gasteiger partial charge in [0.1, 0.15) is 35.6 Å². The summed E-state index contributed by atoms with van der Waals surface area (Å²) in [5.74, 6) is 2.03. The Morgan fingerprint density at radius 1 is 1.20 bits per heavy atom. The fourth-order valence-corrected chi connectivity index (χ4v) is 3.97. The van der Waals surface area contributed by atoms with Crippen molar-refractivity contribution in [3.05, 3.63) is 59.7 Å². The van der Waals surface area contributed by atoms with E-state index in [4.69, 9.17) is 20.8 Å². The maximum atomic E-state index is 12.2. The molecule has 1 aliphatic heterocycles. The molecule has 1 aliphatic rings. The second kappa shape index (κ2) is 10.2. The van der Waals surface area contributed by atoms with Crippen molar-refractivity contribution in [2.75, 3.05) is 19.7 Å². The van der Waals surface area contributed by atoms with Gasteiger partial charge in [0.25, 0.3) is 0 Å². The van der Waals surface area contributed by atoms with Crippen LogP contribution in [0.25, 0.3) is 15.9 Å². The molecule has 1 amide bonds. The number of carbonyl (C=O) groups is 1. The minimum Gasteiger partial charge on any atom is -0.489 e. The van der Waals surface area contributed by atoms with Crippen molar-refractivity contribution >= 4 is 22.8 Å². The average Bonchev–Trinajstić information content (AvgIpc) is 3.42. The first-order chi connectivity index (χ1) is 16.8. The quantitative estimate of drug-likeness (QED) is 0.501. The number of nitrogens with zero attached hydrogens (tertiary/aromatic N) is 4. The number of rotatable bonds is 7. The predicted molar refractivity (Wildman–Crippen MR) is 131 cm³/mol. The molecular formula is C26H30N4O5. The summed E-state index contributed by atoms with van der Waals surface area (Å²) in [7, 11) is 0. The third-order valence-electron chi connectivity index (χ3n) is 5.55. The van der Waals surface area contributed by atoms with Crippen LogP contribution in [0.1, 0.15) is 33.0 Å². The highest BCUT2D eigenvalue weighted by molar-refractivity contribution is 5.80. The summed E-state index contributed by atoms with van der Waals surface area (Å²) in [5, 5.41) is 9.47. The molecule has 0 saturated carbocycles. The number of aromatic nitrogens is 2. The second-order valence-corrected chi connectivity index (χ2v) is 9.40. The Morgan fingerprint density at radius 3 is 2.63 bits per heavy atom. The van der Waals surface area contributed by atoms with Gasteiger partial charge in [-0.05, 0) is 57.2 Å². The van der Waals surface area contributed by atoms with Crippen LogP contribution >= 0.6 is 0 Å². The second-order valence-electron chi connectivity index (χ2n) is 9.40. The maximum absolute atomic E-state index is 12.2. The molecule has 1 aromatic heterocycles. The normalized spacial score (nSPS) is 15.7.